The minimum absolute atomic E-state index is 0.00210. The number of hydrogen-bond donors (Lipinski definition) is 2. The normalized spacial score (nSPS) is 12.0. The van der Waals surface area contributed by atoms with E-state index in [1.165, 1.54) is 34.2 Å². The Hall–Kier alpha value is -1.90. The zero-order chi connectivity index (χ0) is 18.5. The van der Waals surface area contributed by atoms with Crippen LogP contribution in [0.4, 0.5) is 10.8 Å². The number of benzene rings is 1. The fraction of sp³-hybridized carbons (Fsp3) is 0.278. The minimum Gasteiger partial charge on any atom is -0.350 e. The maximum atomic E-state index is 12.2. The second-order valence-electron chi connectivity index (χ2n) is 5.85. The molecule has 1 amide bonds. The molecule has 0 saturated heterocycles. The lowest BCUT2D eigenvalue weighted by atomic mass is 10.1. The number of nitrogens with one attached hydrogen (secondary N) is 2. The smallest absolute Gasteiger partial charge is 0.233 e. The van der Waals surface area contributed by atoms with E-state index in [-0.39, 0.29) is 11.2 Å². The summed E-state index contributed by atoms with van der Waals surface area (Å²) in [7, 11) is 0. The van der Waals surface area contributed by atoms with Gasteiger partial charge in [0.15, 0.2) is 4.34 Å². The van der Waals surface area contributed by atoms with Gasteiger partial charge in [-0.3, -0.25) is 4.79 Å². The predicted octanol–water partition coefficient (Wildman–Crippen LogP) is 4.76. The van der Waals surface area contributed by atoms with Crippen LogP contribution in [-0.4, -0.2) is 21.4 Å². The standard InChI is InChI=1S/C18H20N4OS3/c1-11-6-7-14(9-12(11)2)20-17-21-22-18(26-17)25-13(3)16(23)19-10-15-5-4-8-24-15/h4-9,13H,10H2,1-3H3,(H,19,23)(H,20,21). The van der Waals surface area contributed by atoms with Gasteiger partial charge >= 0.3 is 0 Å². The second kappa shape index (κ2) is 8.66. The second-order valence-corrected chi connectivity index (χ2v) is 9.45. The number of anilines is 2. The van der Waals surface area contributed by atoms with Gasteiger partial charge < -0.3 is 10.6 Å². The fourth-order valence-electron chi connectivity index (χ4n) is 2.19. The van der Waals surface area contributed by atoms with E-state index in [1.807, 2.05) is 30.5 Å². The van der Waals surface area contributed by atoms with Crippen LogP contribution in [0.2, 0.25) is 0 Å². The summed E-state index contributed by atoms with van der Waals surface area (Å²) in [6.45, 7) is 6.62. The molecular weight excluding hydrogens is 384 g/mol. The summed E-state index contributed by atoms with van der Waals surface area (Å²) < 4.78 is 0.773. The Morgan fingerprint density at radius 1 is 1.23 bits per heavy atom. The van der Waals surface area contributed by atoms with Gasteiger partial charge in [0.05, 0.1) is 11.8 Å². The van der Waals surface area contributed by atoms with Gasteiger partial charge in [0.2, 0.25) is 11.0 Å². The Kier molecular flexibility index (Phi) is 6.29. The van der Waals surface area contributed by atoms with Crippen LogP contribution in [0, 0.1) is 13.8 Å². The average molecular weight is 405 g/mol. The summed E-state index contributed by atoms with van der Waals surface area (Å²) in [5.74, 6) is 0.00210. The van der Waals surface area contributed by atoms with Crippen molar-refractivity contribution in [3.8, 4) is 0 Å². The van der Waals surface area contributed by atoms with Gasteiger partial charge in [-0.1, -0.05) is 35.2 Å². The third-order valence-electron chi connectivity index (χ3n) is 3.83. The summed E-state index contributed by atoms with van der Waals surface area (Å²) in [6, 6.07) is 10.2. The monoisotopic (exact) mass is 404 g/mol. The van der Waals surface area contributed by atoms with Crippen LogP contribution in [-0.2, 0) is 11.3 Å². The van der Waals surface area contributed by atoms with Crippen molar-refractivity contribution in [2.45, 2.75) is 36.9 Å². The highest BCUT2D eigenvalue weighted by molar-refractivity contribution is 8.02. The van der Waals surface area contributed by atoms with E-state index in [1.54, 1.807) is 11.3 Å². The molecule has 0 spiro atoms. The molecule has 0 aliphatic carbocycles. The van der Waals surface area contributed by atoms with Crippen molar-refractivity contribution in [2.24, 2.45) is 0 Å². The summed E-state index contributed by atoms with van der Waals surface area (Å²) >= 11 is 4.51. The largest absolute Gasteiger partial charge is 0.350 e. The topological polar surface area (TPSA) is 66.9 Å². The molecule has 0 bridgehead atoms. The number of carbonyl (C=O) groups excluding carboxylic acids is 1. The van der Waals surface area contributed by atoms with Crippen LogP contribution in [0.25, 0.3) is 0 Å². The van der Waals surface area contributed by atoms with E-state index < -0.39 is 0 Å². The Labute approximate surface area is 165 Å². The molecule has 2 N–H and O–H groups in total. The molecule has 8 heteroatoms. The van der Waals surface area contributed by atoms with Crippen molar-refractivity contribution in [2.75, 3.05) is 5.32 Å². The van der Waals surface area contributed by atoms with Gasteiger partial charge in [0, 0.05) is 10.6 Å². The molecule has 0 aliphatic rings. The number of rotatable bonds is 7. The number of hydrogen-bond acceptors (Lipinski definition) is 7. The first-order valence-corrected chi connectivity index (χ1v) is 10.7. The molecule has 2 aromatic heterocycles. The van der Waals surface area contributed by atoms with Gasteiger partial charge in [-0.15, -0.1) is 21.5 Å². The van der Waals surface area contributed by atoms with E-state index in [4.69, 9.17) is 0 Å². The Morgan fingerprint density at radius 3 is 2.81 bits per heavy atom. The maximum absolute atomic E-state index is 12.2. The van der Waals surface area contributed by atoms with E-state index in [0.29, 0.717) is 6.54 Å². The first-order chi connectivity index (χ1) is 12.5. The fourth-order valence-corrected chi connectivity index (χ4v) is 4.77. The molecule has 0 radical (unpaired) electrons. The Bertz CT molecular complexity index is 876. The van der Waals surface area contributed by atoms with E-state index in [9.17, 15) is 4.79 Å². The summed E-state index contributed by atoms with van der Waals surface area (Å²) in [5, 5.41) is 17.1. The number of aromatic nitrogens is 2. The molecule has 0 fully saturated rings. The lowest BCUT2D eigenvalue weighted by Crippen LogP contribution is -2.30. The van der Waals surface area contributed by atoms with Crippen molar-refractivity contribution >= 4 is 51.2 Å². The Balaban J connectivity index is 1.53. The van der Waals surface area contributed by atoms with Crippen LogP contribution in [0.1, 0.15) is 22.9 Å². The Morgan fingerprint density at radius 2 is 2.08 bits per heavy atom. The van der Waals surface area contributed by atoms with Crippen molar-refractivity contribution in [3.05, 3.63) is 51.7 Å². The molecule has 1 unspecified atom stereocenters. The predicted molar refractivity (Wildman–Crippen MR) is 111 cm³/mol. The number of amides is 1. The van der Waals surface area contributed by atoms with Gasteiger partial charge in [-0.05, 0) is 55.5 Å². The van der Waals surface area contributed by atoms with Gasteiger partial charge in [-0.2, -0.15) is 0 Å². The molecule has 1 atom stereocenters. The molecule has 26 heavy (non-hydrogen) atoms. The van der Waals surface area contributed by atoms with Crippen LogP contribution in [0.15, 0.2) is 40.1 Å². The molecule has 136 valence electrons. The number of thioether (sulfide) groups is 1. The van der Waals surface area contributed by atoms with Crippen LogP contribution in [0.3, 0.4) is 0 Å². The zero-order valence-corrected chi connectivity index (χ0v) is 17.2. The zero-order valence-electron chi connectivity index (χ0n) is 14.8. The lowest BCUT2D eigenvalue weighted by molar-refractivity contribution is -0.120. The van der Waals surface area contributed by atoms with Crippen molar-refractivity contribution in [3.63, 3.8) is 0 Å². The van der Waals surface area contributed by atoms with Crippen molar-refractivity contribution in [1.82, 2.24) is 15.5 Å². The van der Waals surface area contributed by atoms with Crippen LogP contribution in [0.5, 0.6) is 0 Å². The van der Waals surface area contributed by atoms with Gasteiger partial charge in [0.1, 0.15) is 0 Å². The van der Waals surface area contributed by atoms with Crippen molar-refractivity contribution < 1.29 is 4.79 Å². The first kappa shape index (κ1) is 18.9. The molecule has 0 saturated carbocycles. The van der Waals surface area contributed by atoms with Crippen molar-refractivity contribution in [1.29, 1.82) is 0 Å². The molecule has 1 aromatic carbocycles. The third-order valence-corrected chi connectivity index (χ3v) is 6.73. The lowest BCUT2D eigenvalue weighted by Gasteiger charge is -2.09. The van der Waals surface area contributed by atoms with E-state index >= 15 is 0 Å². The van der Waals surface area contributed by atoms with Crippen LogP contribution < -0.4 is 10.6 Å². The molecule has 0 aliphatic heterocycles. The quantitative estimate of drug-likeness (QED) is 0.556. The highest BCUT2D eigenvalue weighted by Gasteiger charge is 2.17. The molecule has 2 heterocycles. The summed E-state index contributed by atoms with van der Waals surface area (Å²) in [6.07, 6.45) is 0. The maximum Gasteiger partial charge on any atom is 0.233 e. The highest BCUT2D eigenvalue weighted by atomic mass is 32.2. The minimum atomic E-state index is -0.225. The number of carbonyl (C=O) groups is 1. The van der Waals surface area contributed by atoms with Gasteiger partial charge in [0.25, 0.3) is 0 Å². The third kappa shape index (κ3) is 5.06. The summed E-state index contributed by atoms with van der Waals surface area (Å²) in [5.41, 5.74) is 3.47. The van der Waals surface area contributed by atoms with E-state index in [2.05, 4.69) is 46.8 Å². The van der Waals surface area contributed by atoms with E-state index in [0.717, 1.165) is 20.0 Å². The molecule has 3 aromatic rings. The number of thiophene rings is 1. The SMILES string of the molecule is Cc1ccc(Nc2nnc(SC(C)C(=O)NCc3cccs3)s2)cc1C. The number of aryl methyl sites for hydroxylation is 2. The van der Waals surface area contributed by atoms with Crippen LogP contribution >= 0.6 is 34.4 Å². The molecular formula is C18H20N4OS3. The first-order valence-electron chi connectivity index (χ1n) is 8.16. The van der Waals surface area contributed by atoms with Gasteiger partial charge in [-0.25, -0.2) is 0 Å². The number of nitrogens with zero attached hydrogens (tertiary/aromatic N) is 2. The molecule has 3 rings (SSSR count). The average Bonchev–Trinajstić information content (AvgIpc) is 3.28. The summed E-state index contributed by atoms with van der Waals surface area (Å²) in [4.78, 5) is 13.4. The highest BCUT2D eigenvalue weighted by Crippen LogP contribution is 2.30. The molecule has 5 nitrogen and oxygen atoms in total.